The molecule has 0 aliphatic carbocycles. The number of carbonyl (C=O) groups excluding carboxylic acids is 1. The normalized spacial score (nSPS) is 20.5. The van der Waals surface area contributed by atoms with Crippen molar-refractivity contribution in [3.8, 4) is 0 Å². The minimum Gasteiger partial charge on any atom is -0.369 e. The molecule has 3 rings (SSSR count). The zero-order chi connectivity index (χ0) is 17.6. The number of amides is 1. The molecule has 7 heteroatoms. The van der Waals surface area contributed by atoms with Crippen molar-refractivity contribution in [2.45, 2.75) is 12.5 Å². The maximum absolute atomic E-state index is 13.7. The Bertz CT molecular complexity index is 861. The first-order chi connectivity index (χ1) is 11.3. The SMILES string of the molecule is Cc1cc(C2(c3cc(F)cc(F)c3)N=C(N)N(C)C2=O)ccc1F. The molecule has 1 aliphatic rings. The van der Waals surface area contributed by atoms with E-state index >= 15 is 0 Å². The number of guanidine groups is 1. The summed E-state index contributed by atoms with van der Waals surface area (Å²) in [5.74, 6) is -2.82. The highest BCUT2D eigenvalue weighted by atomic mass is 19.1. The van der Waals surface area contributed by atoms with Gasteiger partial charge in [0.1, 0.15) is 17.5 Å². The molecule has 1 atom stereocenters. The van der Waals surface area contributed by atoms with Gasteiger partial charge in [0, 0.05) is 13.1 Å². The van der Waals surface area contributed by atoms with Gasteiger partial charge in [0.05, 0.1) is 0 Å². The molecule has 124 valence electrons. The summed E-state index contributed by atoms with van der Waals surface area (Å²) in [6.07, 6.45) is 0. The van der Waals surface area contributed by atoms with Crippen LogP contribution < -0.4 is 5.73 Å². The van der Waals surface area contributed by atoms with Crippen LogP contribution in [0, 0.1) is 24.4 Å². The molecule has 4 nitrogen and oxygen atoms in total. The number of nitrogens with zero attached hydrogens (tertiary/aromatic N) is 2. The summed E-state index contributed by atoms with van der Waals surface area (Å²) in [5.41, 5.74) is 4.55. The average molecular weight is 333 g/mol. The minimum absolute atomic E-state index is 0.0108. The van der Waals surface area contributed by atoms with Crippen LogP contribution in [0.15, 0.2) is 41.4 Å². The number of likely N-dealkylation sites (N-methyl/N-ethyl adjacent to an activating group) is 1. The highest BCUT2D eigenvalue weighted by Gasteiger charge is 2.50. The zero-order valence-electron chi connectivity index (χ0n) is 13.0. The summed E-state index contributed by atoms with van der Waals surface area (Å²) in [6.45, 7) is 1.52. The van der Waals surface area contributed by atoms with Gasteiger partial charge in [-0.05, 0) is 47.9 Å². The van der Waals surface area contributed by atoms with E-state index < -0.39 is 28.9 Å². The lowest BCUT2D eigenvalue weighted by Gasteiger charge is -2.26. The maximum atomic E-state index is 13.7. The van der Waals surface area contributed by atoms with Gasteiger partial charge in [-0.2, -0.15) is 0 Å². The number of halogens is 3. The molecule has 0 saturated carbocycles. The third-order valence-corrected chi connectivity index (χ3v) is 4.10. The van der Waals surface area contributed by atoms with Gasteiger partial charge >= 0.3 is 0 Å². The number of hydrogen-bond donors (Lipinski definition) is 1. The van der Waals surface area contributed by atoms with Crippen LogP contribution in [0.4, 0.5) is 13.2 Å². The lowest BCUT2D eigenvalue weighted by atomic mass is 9.82. The molecule has 0 bridgehead atoms. The van der Waals surface area contributed by atoms with Crippen LogP contribution in [-0.2, 0) is 10.3 Å². The molecule has 0 spiro atoms. The molecule has 1 unspecified atom stereocenters. The third-order valence-electron chi connectivity index (χ3n) is 4.10. The largest absolute Gasteiger partial charge is 0.369 e. The van der Waals surface area contributed by atoms with Crippen molar-refractivity contribution in [2.75, 3.05) is 7.05 Å². The zero-order valence-corrected chi connectivity index (χ0v) is 13.0. The highest BCUT2D eigenvalue weighted by molar-refractivity contribution is 6.08. The molecule has 2 N–H and O–H groups in total. The van der Waals surface area contributed by atoms with Crippen molar-refractivity contribution in [2.24, 2.45) is 10.7 Å². The lowest BCUT2D eigenvalue weighted by Crippen LogP contribution is -2.41. The Morgan fingerprint density at radius 1 is 1.04 bits per heavy atom. The number of aryl methyl sites for hydroxylation is 1. The topological polar surface area (TPSA) is 58.7 Å². The van der Waals surface area contributed by atoms with Gasteiger partial charge in [-0.3, -0.25) is 9.69 Å². The maximum Gasteiger partial charge on any atom is 0.266 e. The van der Waals surface area contributed by atoms with Gasteiger partial charge in [-0.1, -0.05) is 6.07 Å². The van der Waals surface area contributed by atoms with Crippen molar-refractivity contribution in [1.29, 1.82) is 0 Å². The van der Waals surface area contributed by atoms with Crippen LogP contribution in [0.3, 0.4) is 0 Å². The number of carbonyl (C=O) groups is 1. The molecular formula is C17H14F3N3O. The Kier molecular flexibility index (Phi) is 3.59. The summed E-state index contributed by atoms with van der Waals surface area (Å²) in [5, 5.41) is 0. The number of hydrogen-bond acceptors (Lipinski definition) is 3. The fourth-order valence-corrected chi connectivity index (χ4v) is 2.82. The van der Waals surface area contributed by atoms with Crippen LogP contribution in [-0.4, -0.2) is 23.8 Å². The van der Waals surface area contributed by atoms with Gasteiger partial charge in [-0.25, -0.2) is 18.2 Å². The molecule has 0 aromatic heterocycles. The summed E-state index contributed by atoms with van der Waals surface area (Å²) in [6, 6.07) is 6.71. The third kappa shape index (κ3) is 2.24. The summed E-state index contributed by atoms with van der Waals surface area (Å²) >= 11 is 0. The smallest absolute Gasteiger partial charge is 0.266 e. The molecular weight excluding hydrogens is 319 g/mol. The average Bonchev–Trinajstić information content (AvgIpc) is 2.74. The molecule has 1 amide bonds. The van der Waals surface area contributed by atoms with E-state index in [1.807, 2.05) is 0 Å². The van der Waals surface area contributed by atoms with Gasteiger partial charge in [0.2, 0.25) is 0 Å². The summed E-state index contributed by atoms with van der Waals surface area (Å²) in [4.78, 5) is 18.1. The fraction of sp³-hybridized carbons (Fsp3) is 0.176. The molecule has 1 aliphatic heterocycles. The highest BCUT2D eigenvalue weighted by Crippen LogP contribution is 2.40. The van der Waals surface area contributed by atoms with Gasteiger partial charge in [0.15, 0.2) is 11.5 Å². The summed E-state index contributed by atoms with van der Waals surface area (Å²) < 4.78 is 41.1. The molecule has 0 radical (unpaired) electrons. The van der Waals surface area contributed by atoms with E-state index in [0.717, 1.165) is 17.0 Å². The van der Waals surface area contributed by atoms with Crippen LogP contribution >= 0.6 is 0 Å². The van der Waals surface area contributed by atoms with Crippen LogP contribution in [0.1, 0.15) is 16.7 Å². The lowest BCUT2D eigenvalue weighted by molar-refractivity contribution is -0.129. The molecule has 0 fully saturated rings. The number of benzene rings is 2. The van der Waals surface area contributed by atoms with E-state index in [-0.39, 0.29) is 22.6 Å². The van der Waals surface area contributed by atoms with E-state index in [1.54, 1.807) is 0 Å². The van der Waals surface area contributed by atoms with Crippen molar-refractivity contribution in [3.05, 3.63) is 70.5 Å². The van der Waals surface area contributed by atoms with Gasteiger partial charge < -0.3 is 5.73 Å². The second kappa shape index (κ2) is 5.36. The number of nitrogens with two attached hydrogens (primary N) is 1. The monoisotopic (exact) mass is 333 g/mol. The first kappa shape index (κ1) is 16.0. The van der Waals surface area contributed by atoms with Crippen LogP contribution in [0.25, 0.3) is 0 Å². The molecule has 2 aromatic rings. The van der Waals surface area contributed by atoms with E-state index in [4.69, 9.17) is 5.73 Å². The van der Waals surface area contributed by atoms with Crippen LogP contribution in [0.5, 0.6) is 0 Å². The Morgan fingerprint density at radius 3 is 2.17 bits per heavy atom. The van der Waals surface area contributed by atoms with E-state index in [0.29, 0.717) is 6.07 Å². The number of rotatable bonds is 2. The first-order valence-electron chi connectivity index (χ1n) is 7.12. The first-order valence-corrected chi connectivity index (χ1v) is 7.12. The predicted molar refractivity (Wildman–Crippen MR) is 82.7 cm³/mol. The van der Waals surface area contributed by atoms with Crippen molar-refractivity contribution in [3.63, 3.8) is 0 Å². The van der Waals surface area contributed by atoms with Crippen molar-refractivity contribution >= 4 is 11.9 Å². The van der Waals surface area contributed by atoms with Crippen LogP contribution in [0.2, 0.25) is 0 Å². The Morgan fingerprint density at radius 2 is 1.67 bits per heavy atom. The Balaban J connectivity index is 2.34. The van der Waals surface area contributed by atoms with Crippen molar-refractivity contribution < 1.29 is 18.0 Å². The van der Waals surface area contributed by atoms with Gasteiger partial charge in [-0.15, -0.1) is 0 Å². The molecule has 24 heavy (non-hydrogen) atoms. The van der Waals surface area contributed by atoms with E-state index in [2.05, 4.69) is 4.99 Å². The van der Waals surface area contributed by atoms with Gasteiger partial charge in [0.25, 0.3) is 5.91 Å². The minimum atomic E-state index is -1.75. The molecule has 0 saturated heterocycles. The quantitative estimate of drug-likeness (QED) is 0.918. The molecule has 1 heterocycles. The van der Waals surface area contributed by atoms with Crippen molar-refractivity contribution in [1.82, 2.24) is 4.90 Å². The predicted octanol–water partition coefficient (Wildman–Crippen LogP) is 2.44. The fourth-order valence-electron chi connectivity index (χ4n) is 2.82. The van der Waals surface area contributed by atoms with E-state index in [1.165, 1.54) is 32.2 Å². The van der Waals surface area contributed by atoms with E-state index in [9.17, 15) is 18.0 Å². The Hall–Kier alpha value is -2.83. The Labute approximate surface area is 136 Å². The standard InChI is InChI=1S/C17H14F3N3O/c1-9-5-10(3-4-14(9)20)17(15(24)23(2)16(21)22-17)11-6-12(18)8-13(19)7-11/h3-8H,1-2H3,(H2,21,22). The second-order valence-corrected chi connectivity index (χ2v) is 5.67. The number of aliphatic imine (C=N–C) groups is 1. The molecule has 2 aromatic carbocycles. The summed E-state index contributed by atoms with van der Waals surface area (Å²) in [7, 11) is 1.41. The second-order valence-electron chi connectivity index (χ2n) is 5.67.